The zero-order valence-corrected chi connectivity index (χ0v) is 15.9. The zero-order valence-electron chi connectivity index (χ0n) is 15.1. The van der Waals surface area contributed by atoms with Crippen molar-refractivity contribution in [3.05, 3.63) is 10.5 Å². The van der Waals surface area contributed by atoms with Crippen LogP contribution in [0.15, 0.2) is 10.5 Å². The molecule has 0 aliphatic rings. The van der Waals surface area contributed by atoms with Crippen molar-refractivity contribution in [3.63, 3.8) is 0 Å². The zero-order chi connectivity index (χ0) is 17.6. The van der Waals surface area contributed by atoms with Gasteiger partial charge in [-0.2, -0.15) is 0 Å². The molecule has 0 radical (unpaired) electrons. The van der Waals surface area contributed by atoms with Gasteiger partial charge in [-0.3, -0.25) is 4.79 Å². The second-order valence-electron chi connectivity index (χ2n) is 7.13. The van der Waals surface area contributed by atoms with Crippen LogP contribution in [0.25, 0.3) is 0 Å². The Morgan fingerprint density at radius 1 is 0.905 bits per heavy atom. The molecule has 122 valence electrons. The summed E-state index contributed by atoms with van der Waals surface area (Å²) in [6.45, 7) is 17.7. The molecule has 0 atom stereocenters. The van der Waals surface area contributed by atoms with E-state index < -0.39 is 14.6 Å². The Morgan fingerprint density at radius 2 is 1.29 bits per heavy atom. The van der Waals surface area contributed by atoms with E-state index in [0.717, 1.165) is 5.57 Å². The number of Topliss-reactive ketones (excluding diaryl/α,β-unsaturated/α-hetero) is 1. The SMILES string of the molecule is CC#CC(=O)C(C)(C)C.CC(C)=C(C)S(=O)(=O)C(C)(C)C. The molecular formula is C17H30O3S. The molecule has 0 rings (SSSR count). The number of hydrogen-bond acceptors (Lipinski definition) is 3. The number of carbonyl (C=O) groups is 1. The third kappa shape index (κ3) is 7.47. The molecule has 21 heavy (non-hydrogen) atoms. The summed E-state index contributed by atoms with van der Waals surface area (Å²) in [5.41, 5.74) is 0.563. The molecule has 0 aromatic rings. The van der Waals surface area contributed by atoms with Crippen molar-refractivity contribution in [2.45, 2.75) is 74.0 Å². The highest BCUT2D eigenvalue weighted by molar-refractivity contribution is 7.96. The van der Waals surface area contributed by atoms with Crippen LogP contribution in [-0.2, 0) is 14.6 Å². The van der Waals surface area contributed by atoms with Gasteiger partial charge >= 0.3 is 0 Å². The molecule has 0 heterocycles. The number of sulfone groups is 1. The van der Waals surface area contributed by atoms with Crippen molar-refractivity contribution in [3.8, 4) is 11.8 Å². The van der Waals surface area contributed by atoms with Gasteiger partial charge in [-0.1, -0.05) is 32.3 Å². The lowest BCUT2D eigenvalue weighted by atomic mass is 9.91. The fourth-order valence-corrected chi connectivity index (χ4v) is 2.49. The standard InChI is InChI=1S/C9H18O2S.C8H12O/c1-7(2)8(3)12(10,11)9(4,5)6;1-5-6-7(9)8(2,3)4/h1-6H3;1-4H3. The summed E-state index contributed by atoms with van der Waals surface area (Å²) in [4.78, 5) is 11.4. The molecule has 0 saturated heterocycles. The molecule has 0 fully saturated rings. The first-order chi connectivity index (χ1) is 9.09. The summed E-state index contributed by atoms with van der Waals surface area (Å²) in [6, 6.07) is 0. The lowest BCUT2D eigenvalue weighted by Crippen LogP contribution is -2.28. The average Bonchev–Trinajstić information content (AvgIpc) is 2.26. The van der Waals surface area contributed by atoms with Gasteiger partial charge < -0.3 is 0 Å². The normalized spacial score (nSPS) is 11.5. The minimum atomic E-state index is -3.10. The highest BCUT2D eigenvalue weighted by Gasteiger charge is 2.30. The Morgan fingerprint density at radius 3 is 1.38 bits per heavy atom. The van der Waals surface area contributed by atoms with Crippen molar-refractivity contribution in [2.75, 3.05) is 0 Å². The second kappa shape index (κ2) is 7.79. The minimum absolute atomic E-state index is 0.00463. The summed E-state index contributed by atoms with van der Waals surface area (Å²) >= 11 is 0. The quantitative estimate of drug-likeness (QED) is 0.540. The fourth-order valence-electron chi connectivity index (χ4n) is 1.03. The molecule has 0 saturated carbocycles. The minimum Gasteiger partial charge on any atom is -0.284 e. The Hall–Kier alpha value is -1.08. The van der Waals surface area contributed by atoms with Gasteiger partial charge in [0, 0.05) is 10.3 Å². The van der Waals surface area contributed by atoms with Crippen LogP contribution < -0.4 is 0 Å². The molecule has 0 amide bonds. The number of ketones is 1. The molecule has 0 aromatic heterocycles. The van der Waals surface area contributed by atoms with Gasteiger partial charge in [0.1, 0.15) is 0 Å². The highest BCUT2D eigenvalue weighted by Crippen LogP contribution is 2.24. The first-order valence-corrected chi connectivity index (χ1v) is 8.43. The van der Waals surface area contributed by atoms with Crippen molar-refractivity contribution in [1.29, 1.82) is 0 Å². The van der Waals surface area contributed by atoms with Gasteiger partial charge in [0.2, 0.25) is 5.78 Å². The second-order valence-corrected chi connectivity index (χ2v) is 9.97. The third-order valence-electron chi connectivity index (χ3n) is 2.83. The van der Waals surface area contributed by atoms with E-state index in [1.165, 1.54) is 0 Å². The summed E-state index contributed by atoms with van der Waals surface area (Å²) in [5.74, 6) is 5.08. The lowest BCUT2D eigenvalue weighted by Gasteiger charge is -2.20. The highest BCUT2D eigenvalue weighted by atomic mass is 32.2. The van der Waals surface area contributed by atoms with Crippen LogP contribution in [0.4, 0.5) is 0 Å². The van der Waals surface area contributed by atoms with Gasteiger partial charge in [0.15, 0.2) is 9.84 Å². The molecule has 0 aliphatic carbocycles. The van der Waals surface area contributed by atoms with E-state index in [9.17, 15) is 13.2 Å². The van der Waals surface area contributed by atoms with E-state index >= 15 is 0 Å². The Bertz CT molecular complexity index is 550. The van der Waals surface area contributed by atoms with E-state index in [1.807, 2.05) is 34.6 Å². The maximum atomic E-state index is 11.7. The third-order valence-corrected chi connectivity index (χ3v) is 5.66. The van der Waals surface area contributed by atoms with Gasteiger partial charge in [0.05, 0.1) is 4.75 Å². The maximum absolute atomic E-state index is 11.7. The van der Waals surface area contributed by atoms with Gasteiger partial charge in [-0.15, -0.1) is 0 Å². The van der Waals surface area contributed by atoms with Crippen molar-refractivity contribution >= 4 is 15.6 Å². The van der Waals surface area contributed by atoms with E-state index in [1.54, 1.807) is 34.6 Å². The average molecular weight is 314 g/mol. The Balaban J connectivity index is 0. The summed E-state index contributed by atoms with van der Waals surface area (Å²) < 4.78 is 22.8. The van der Waals surface area contributed by atoms with Gasteiger partial charge in [0.25, 0.3) is 0 Å². The molecular weight excluding hydrogens is 284 g/mol. The van der Waals surface area contributed by atoms with Crippen molar-refractivity contribution < 1.29 is 13.2 Å². The van der Waals surface area contributed by atoms with E-state index in [0.29, 0.717) is 4.91 Å². The van der Waals surface area contributed by atoms with Crippen LogP contribution in [0.5, 0.6) is 0 Å². The van der Waals surface area contributed by atoms with Crippen LogP contribution in [0.1, 0.15) is 69.2 Å². The number of carbonyl (C=O) groups excluding carboxylic acids is 1. The number of allylic oxidation sites excluding steroid dienone is 2. The van der Waals surface area contributed by atoms with Gasteiger partial charge in [-0.05, 0) is 54.4 Å². The van der Waals surface area contributed by atoms with Crippen LogP contribution in [0.2, 0.25) is 0 Å². The molecule has 0 bridgehead atoms. The Kier molecular flexibility index (Phi) is 8.24. The molecule has 0 N–H and O–H groups in total. The summed E-state index contributed by atoms with van der Waals surface area (Å²) in [6.07, 6.45) is 0. The fraction of sp³-hybridized carbons (Fsp3) is 0.706. The first-order valence-electron chi connectivity index (χ1n) is 6.95. The van der Waals surface area contributed by atoms with Crippen LogP contribution in [-0.4, -0.2) is 18.9 Å². The Labute approximate surface area is 131 Å². The first kappa shape index (κ1) is 22.2. The lowest BCUT2D eigenvalue weighted by molar-refractivity contribution is -0.120. The largest absolute Gasteiger partial charge is 0.284 e. The van der Waals surface area contributed by atoms with Crippen LogP contribution >= 0.6 is 0 Å². The van der Waals surface area contributed by atoms with Gasteiger partial charge in [-0.25, -0.2) is 8.42 Å². The number of hydrogen-bond donors (Lipinski definition) is 0. The predicted molar refractivity (Wildman–Crippen MR) is 90.6 cm³/mol. The van der Waals surface area contributed by atoms with Crippen LogP contribution in [0.3, 0.4) is 0 Å². The molecule has 0 aliphatic heterocycles. The monoisotopic (exact) mass is 314 g/mol. The van der Waals surface area contributed by atoms with E-state index in [2.05, 4.69) is 11.8 Å². The molecule has 0 aromatic carbocycles. The summed E-state index contributed by atoms with van der Waals surface area (Å²) in [5, 5.41) is 0. The molecule has 0 unspecified atom stereocenters. The summed E-state index contributed by atoms with van der Waals surface area (Å²) in [7, 11) is -3.10. The topological polar surface area (TPSA) is 51.2 Å². The molecule has 0 spiro atoms. The van der Waals surface area contributed by atoms with E-state index in [-0.39, 0.29) is 11.2 Å². The predicted octanol–water partition coefficient (Wildman–Crippen LogP) is 4.14. The molecule has 3 nitrogen and oxygen atoms in total. The van der Waals surface area contributed by atoms with Crippen molar-refractivity contribution in [1.82, 2.24) is 0 Å². The van der Waals surface area contributed by atoms with E-state index in [4.69, 9.17) is 0 Å². The van der Waals surface area contributed by atoms with Crippen LogP contribution in [0, 0.1) is 17.3 Å². The van der Waals surface area contributed by atoms with Crippen molar-refractivity contribution in [2.24, 2.45) is 5.41 Å². The molecule has 4 heteroatoms. The number of rotatable bonds is 1. The smallest absolute Gasteiger partial charge is 0.210 e. The maximum Gasteiger partial charge on any atom is 0.210 e.